The van der Waals surface area contributed by atoms with Crippen LogP contribution in [0.2, 0.25) is 0 Å². The first-order valence-corrected chi connectivity index (χ1v) is 4.37. The second kappa shape index (κ2) is 7.26. The molecule has 1 aromatic heterocycles. The number of aromatic nitrogens is 1. The molecule has 13 heavy (non-hydrogen) atoms. The number of hydrogen-bond donors (Lipinski definition) is 1. The van der Waals surface area contributed by atoms with Crippen molar-refractivity contribution in [3.05, 3.63) is 30.1 Å². The van der Waals surface area contributed by atoms with Gasteiger partial charge in [0, 0.05) is 20.2 Å². The largest absolute Gasteiger partial charge is 0.316 e. The maximum Gasteiger partial charge on any atom is 0.0969 e. The van der Waals surface area contributed by atoms with E-state index in [1.54, 1.807) is 12.4 Å². The monoisotopic (exact) mass is 179 g/mol. The highest BCUT2D eigenvalue weighted by Gasteiger charge is 2.00. The normalized spacial score (nSPS) is 10.6. The molecule has 1 unspecified atom stereocenters. The third-order valence-corrected chi connectivity index (χ3v) is 1.34. The van der Waals surface area contributed by atoms with Gasteiger partial charge in [0.15, 0.2) is 0 Å². The highest BCUT2D eigenvalue weighted by molar-refractivity contribution is 5.12. The third-order valence-electron chi connectivity index (χ3n) is 1.34. The molecule has 1 aromatic rings. The SMILES string of the molecule is CC.N#CC(N)Cc1cccnc1.[HH]. The summed E-state index contributed by atoms with van der Waals surface area (Å²) in [4.78, 5) is 3.91. The predicted octanol–water partition coefficient (Wildman–Crippen LogP) is 1.75. The van der Waals surface area contributed by atoms with Gasteiger partial charge in [0.25, 0.3) is 0 Å². The molecule has 1 rings (SSSR count). The lowest BCUT2D eigenvalue weighted by molar-refractivity contribution is 0.819. The van der Waals surface area contributed by atoms with Gasteiger partial charge in [-0.2, -0.15) is 5.26 Å². The molecule has 0 saturated carbocycles. The molecular weight excluding hydrogens is 162 g/mol. The molecule has 0 saturated heterocycles. The van der Waals surface area contributed by atoms with Gasteiger partial charge in [-0.05, 0) is 11.6 Å². The van der Waals surface area contributed by atoms with Crippen molar-refractivity contribution >= 4 is 0 Å². The molecule has 1 heterocycles. The Labute approximate surface area is 80.7 Å². The predicted molar refractivity (Wildman–Crippen MR) is 55.0 cm³/mol. The number of rotatable bonds is 2. The number of hydrogen-bond acceptors (Lipinski definition) is 3. The van der Waals surface area contributed by atoms with E-state index < -0.39 is 6.04 Å². The number of nitrogens with two attached hydrogens (primary N) is 1. The maximum absolute atomic E-state index is 8.40. The standard InChI is InChI=1S/C8H9N3.C2H6.H2/c9-5-8(10)4-7-2-1-3-11-6-7;1-2;/h1-3,6,8H,4,10H2;1-2H3;1H. The van der Waals surface area contributed by atoms with E-state index in [-0.39, 0.29) is 1.43 Å². The van der Waals surface area contributed by atoms with Crippen LogP contribution in [0.3, 0.4) is 0 Å². The van der Waals surface area contributed by atoms with Gasteiger partial charge < -0.3 is 5.73 Å². The van der Waals surface area contributed by atoms with Gasteiger partial charge in [-0.25, -0.2) is 0 Å². The first-order valence-electron chi connectivity index (χ1n) is 4.37. The third kappa shape index (κ3) is 4.94. The summed E-state index contributed by atoms with van der Waals surface area (Å²) >= 11 is 0. The van der Waals surface area contributed by atoms with E-state index in [9.17, 15) is 0 Å². The van der Waals surface area contributed by atoms with Crippen molar-refractivity contribution in [2.75, 3.05) is 0 Å². The molecule has 0 bridgehead atoms. The molecule has 0 aliphatic rings. The number of nitrogens with zero attached hydrogens (tertiary/aromatic N) is 2. The average Bonchev–Trinajstić information content (AvgIpc) is 2.22. The molecule has 0 radical (unpaired) electrons. The van der Waals surface area contributed by atoms with Crippen LogP contribution in [0.5, 0.6) is 0 Å². The van der Waals surface area contributed by atoms with Gasteiger partial charge in [-0.15, -0.1) is 0 Å². The first kappa shape index (κ1) is 11.6. The van der Waals surface area contributed by atoms with Crippen molar-refractivity contribution in [3.63, 3.8) is 0 Å². The molecule has 0 fully saturated rings. The van der Waals surface area contributed by atoms with Crippen LogP contribution in [0.4, 0.5) is 0 Å². The zero-order valence-electron chi connectivity index (χ0n) is 8.07. The van der Waals surface area contributed by atoms with Gasteiger partial charge in [-0.3, -0.25) is 4.98 Å². The van der Waals surface area contributed by atoms with Gasteiger partial charge in [0.05, 0.1) is 12.1 Å². The quantitative estimate of drug-likeness (QED) is 0.752. The van der Waals surface area contributed by atoms with Crippen molar-refractivity contribution in [1.29, 1.82) is 5.26 Å². The van der Waals surface area contributed by atoms with Crippen LogP contribution in [0.25, 0.3) is 0 Å². The van der Waals surface area contributed by atoms with Crippen molar-refractivity contribution in [2.24, 2.45) is 5.73 Å². The number of nitriles is 1. The maximum atomic E-state index is 8.40. The highest BCUT2D eigenvalue weighted by Crippen LogP contribution is 1.98. The van der Waals surface area contributed by atoms with Crippen LogP contribution in [0, 0.1) is 11.3 Å². The van der Waals surface area contributed by atoms with E-state index in [1.165, 1.54) is 0 Å². The van der Waals surface area contributed by atoms with Gasteiger partial charge in [-0.1, -0.05) is 19.9 Å². The minimum Gasteiger partial charge on any atom is -0.316 e. The van der Waals surface area contributed by atoms with E-state index in [0.29, 0.717) is 6.42 Å². The molecule has 2 N–H and O–H groups in total. The zero-order chi connectivity index (χ0) is 10.1. The smallest absolute Gasteiger partial charge is 0.0969 e. The van der Waals surface area contributed by atoms with Gasteiger partial charge >= 0.3 is 0 Å². The Morgan fingerprint density at radius 1 is 1.69 bits per heavy atom. The molecule has 0 aliphatic carbocycles. The lowest BCUT2D eigenvalue weighted by Crippen LogP contribution is -2.19. The van der Waals surface area contributed by atoms with E-state index in [2.05, 4.69) is 4.98 Å². The average molecular weight is 179 g/mol. The minimum atomic E-state index is -0.417. The summed E-state index contributed by atoms with van der Waals surface area (Å²) in [5, 5.41) is 8.40. The zero-order valence-corrected chi connectivity index (χ0v) is 8.07. The van der Waals surface area contributed by atoms with Crippen LogP contribution in [0.15, 0.2) is 24.5 Å². The lowest BCUT2D eigenvalue weighted by Gasteiger charge is -2.00. The Morgan fingerprint density at radius 2 is 2.38 bits per heavy atom. The van der Waals surface area contributed by atoms with Crippen molar-refractivity contribution in [3.8, 4) is 6.07 Å². The van der Waals surface area contributed by atoms with Crippen LogP contribution in [0.1, 0.15) is 20.8 Å². The van der Waals surface area contributed by atoms with Crippen LogP contribution in [-0.2, 0) is 6.42 Å². The molecule has 3 nitrogen and oxygen atoms in total. The van der Waals surface area contributed by atoms with E-state index >= 15 is 0 Å². The molecule has 0 aliphatic heterocycles. The van der Waals surface area contributed by atoms with E-state index in [4.69, 9.17) is 11.0 Å². The Bertz CT molecular complexity index is 256. The molecule has 0 amide bonds. The van der Waals surface area contributed by atoms with Gasteiger partial charge in [0.1, 0.15) is 0 Å². The van der Waals surface area contributed by atoms with E-state index in [1.807, 2.05) is 32.0 Å². The summed E-state index contributed by atoms with van der Waals surface area (Å²) in [6.07, 6.45) is 3.99. The Hall–Kier alpha value is -1.40. The topological polar surface area (TPSA) is 62.7 Å². The summed E-state index contributed by atoms with van der Waals surface area (Å²) in [5.41, 5.74) is 6.42. The summed E-state index contributed by atoms with van der Waals surface area (Å²) in [7, 11) is 0. The van der Waals surface area contributed by atoms with Crippen molar-refractivity contribution in [1.82, 2.24) is 4.98 Å². The number of pyridine rings is 1. The first-order chi connectivity index (χ1) is 6.33. The lowest BCUT2D eigenvalue weighted by atomic mass is 10.1. The summed E-state index contributed by atoms with van der Waals surface area (Å²) in [6, 6.07) is 5.29. The highest BCUT2D eigenvalue weighted by atomic mass is 14.6. The Kier molecular flexibility index (Phi) is 6.48. The summed E-state index contributed by atoms with van der Waals surface area (Å²) in [6.45, 7) is 4.00. The van der Waals surface area contributed by atoms with Crippen molar-refractivity contribution < 1.29 is 1.43 Å². The molecule has 0 aromatic carbocycles. The molecule has 3 heteroatoms. The second-order valence-corrected chi connectivity index (χ2v) is 2.30. The van der Waals surface area contributed by atoms with E-state index in [0.717, 1.165) is 5.56 Å². The fourth-order valence-corrected chi connectivity index (χ4v) is 0.818. The van der Waals surface area contributed by atoms with Crippen LogP contribution in [-0.4, -0.2) is 11.0 Å². The molecule has 72 valence electrons. The minimum absolute atomic E-state index is 0. The fraction of sp³-hybridized carbons (Fsp3) is 0.400. The summed E-state index contributed by atoms with van der Waals surface area (Å²) in [5.74, 6) is 0. The van der Waals surface area contributed by atoms with Crippen molar-refractivity contribution in [2.45, 2.75) is 26.3 Å². The van der Waals surface area contributed by atoms with Crippen LogP contribution < -0.4 is 5.73 Å². The van der Waals surface area contributed by atoms with Crippen LogP contribution >= 0.6 is 0 Å². The Morgan fingerprint density at radius 3 is 2.85 bits per heavy atom. The fourth-order valence-electron chi connectivity index (χ4n) is 0.818. The summed E-state index contributed by atoms with van der Waals surface area (Å²) < 4.78 is 0. The molecule has 1 atom stereocenters. The van der Waals surface area contributed by atoms with Gasteiger partial charge in [0.2, 0.25) is 0 Å². The second-order valence-electron chi connectivity index (χ2n) is 2.30. The molecule has 0 spiro atoms. The Balaban J connectivity index is 0. The molecular formula is C10H17N3.